The fourth-order valence-corrected chi connectivity index (χ4v) is 2.69. The van der Waals surface area contributed by atoms with Crippen LogP contribution in [0.3, 0.4) is 0 Å². The molecule has 162 valence electrons. The quantitative estimate of drug-likeness (QED) is 0.300. The number of halogens is 1. The highest BCUT2D eigenvalue weighted by Gasteiger charge is 2.10. The summed E-state index contributed by atoms with van der Waals surface area (Å²) in [5, 5.41) is 9.04. The molecule has 2 aromatic rings. The van der Waals surface area contributed by atoms with Crippen LogP contribution < -0.4 is 16.0 Å². The number of nitrogens with one attached hydrogen (secondary N) is 3. The predicted octanol–water partition coefficient (Wildman–Crippen LogP) is 2.96. The standard InChI is InChI=1S/C23H31FN4O2/c1-3-25-23(27-14-13-26-22(29)20-11-7-8-12-21(20)24)28-15-18(2)16-30-17-19-9-5-4-6-10-19/h4-12,18H,3,13-17H2,1-2H3,(H,26,29)(H2,25,27,28). The molecule has 0 fully saturated rings. The summed E-state index contributed by atoms with van der Waals surface area (Å²) in [5.74, 6) is -0.0140. The summed E-state index contributed by atoms with van der Waals surface area (Å²) in [7, 11) is 0. The second-order valence-electron chi connectivity index (χ2n) is 6.99. The van der Waals surface area contributed by atoms with Crippen molar-refractivity contribution >= 4 is 11.9 Å². The number of aliphatic imine (C=N–C) groups is 1. The highest BCUT2D eigenvalue weighted by molar-refractivity contribution is 5.94. The summed E-state index contributed by atoms with van der Waals surface area (Å²) in [6.07, 6.45) is 0. The second kappa shape index (κ2) is 13.3. The van der Waals surface area contributed by atoms with Gasteiger partial charge in [-0.25, -0.2) is 4.39 Å². The van der Waals surface area contributed by atoms with E-state index in [0.29, 0.717) is 38.8 Å². The van der Waals surface area contributed by atoms with Crippen molar-refractivity contribution in [2.45, 2.75) is 20.5 Å². The van der Waals surface area contributed by atoms with E-state index >= 15 is 0 Å². The van der Waals surface area contributed by atoms with Crippen LogP contribution >= 0.6 is 0 Å². The van der Waals surface area contributed by atoms with Gasteiger partial charge < -0.3 is 20.7 Å². The minimum Gasteiger partial charge on any atom is -0.376 e. The summed E-state index contributed by atoms with van der Waals surface area (Å²) in [6.45, 7) is 7.47. The van der Waals surface area contributed by atoms with E-state index in [9.17, 15) is 9.18 Å². The van der Waals surface area contributed by atoms with Gasteiger partial charge in [-0.05, 0) is 30.5 Å². The lowest BCUT2D eigenvalue weighted by Gasteiger charge is -2.14. The lowest BCUT2D eigenvalue weighted by Crippen LogP contribution is -2.42. The van der Waals surface area contributed by atoms with Crippen LogP contribution in [0.4, 0.5) is 4.39 Å². The first-order valence-electron chi connectivity index (χ1n) is 10.3. The van der Waals surface area contributed by atoms with Crippen molar-refractivity contribution in [3.05, 3.63) is 71.5 Å². The number of benzene rings is 2. The SMILES string of the molecule is CCNC(=NCC(C)COCc1ccccc1)NCCNC(=O)c1ccccc1F. The number of carbonyl (C=O) groups excluding carboxylic acids is 1. The number of rotatable bonds is 11. The van der Waals surface area contributed by atoms with Crippen LogP contribution in [-0.2, 0) is 11.3 Å². The maximum atomic E-state index is 13.6. The van der Waals surface area contributed by atoms with Crippen molar-refractivity contribution in [3.63, 3.8) is 0 Å². The van der Waals surface area contributed by atoms with Crippen molar-refractivity contribution in [1.29, 1.82) is 0 Å². The molecular formula is C23H31FN4O2. The number of ether oxygens (including phenoxy) is 1. The molecule has 1 unspecified atom stereocenters. The number of guanidine groups is 1. The van der Waals surface area contributed by atoms with Gasteiger partial charge in [0.05, 0.1) is 18.8 Å². The molecule has 0 radical (unpaired) electrons. The van der Waals surface area contributed by atoms with Gasteiger partial charge in [0.25, 0.3) is 5.91 Å². The number of amides is 1. The molecule has 7 heteroatoms. The van der Waals surface area contributed by atoms with Crippen LogP contribution in [-0.4, -0.2) is 44.7 Å². The van der Waals surface area contributed by atoms with Gasteiger partial charge in [0, 0.05) is 26.2 Å². The first kappa shape index (κ1) is 23.3. The summed E-state index contributed by atoms with van der Waals surface area (Å²) >= 11 is 0. The minimum atomic E-state index is -0.527. The molecule has 2 rings (SSSR count). The number of nitrogens with zero attached hydrogens (tertiary/aromatic N) is 1. The molecule has 0 saturated heterocycles. The Labute approximate surface area is 177 Å². The molecular weight excluding hydrogens is 383 g/mol. The highest BCUT2D eigenvalue weighted by Crippen LogP contribution is 2.05. The van der Waals surface area contributed by atoms with Crippen molar-refractivity contribution in [2.24, 2.45) is 10.9 Å². The van der Waals surface area contributed by atoms with Crippen molar-refractivity contribution in [3.8, 4) is 0 Å². The highest BCUT2D eigenvalue weighted by atomic mass is 19.1. The maximum absolute atomic E-state index is 13.6. The minimum absolute atomic E-state index is 0.0439. The van der Waals surface area contributed by atoms with Crippen molar-refractivity contribution in [1.82, 2.24) is 16.0 Å². The molecule has 0 aliphatic heterocycles. The van der Waals surface area contributed by atoms with Gasteiger partial charge in [0.2, 0.25) is 0 Å². The molecule has 6 nitrogen and oxygen atoms in total. The lowest BCUT2D eigenvalue weighted by atomic mass is 10.2. The smallest absolute Gasteiger partial charge is 0.254 e. The van der Waals surface area contributed by atoms with Crippen molar-refractivity contribution in [2.75, 3.05) is 32.8 Å². The molecule has 0 aliphatic rings. The maximum Gasteiger partial charge on any atom is 0.254 e. The third-order valence-electron chi connectivity index (χ3n) is 4.24. The number of carbonyl (C=O) groups is 1. The molecule has 0 heterocycles. The molecule has 0 bridgehead atoms. The van der Waals surface area contributed by atoms with Crippen molar-refractivity contribution < 1.29 is 13.9 Å². The van der Waals surface area contributed by atoms with Gasteiger partial charge in [-0.2, -0.15) is 0 Å². The van der Waals surface area contributed by atoms with E-state index in [2.05, 4.69) is 27.9 Å². The molecule has 30 heavy (non-hydrogen) atoms. The first-order valence-corrected chi connectivity index (χ1v) is 10.3. The second-order valence-corrected chi connectivity index (χ2v) is 6.99. The Morgan fingerprint density at radius 3 is 2.47 bits per heavy atom. The fraction of sp³-hybridized carbons (Fsp3) is 0.391. The summed E-state index contributed by atoms with van der Waals surface area (Å²) in [5.41, 5.74) is 1.20. The Kier molecular flexibility index (Phi) is 10.4. The fourth-order valence-electron chi connectivity index (χ4n) is 2.69. The average molecular weight is 415 g/mol. The molecule has 1 atom stereocenters. The van der Waals surface area contributed by atoms with E-state index < -0.39 is 11.7 Å². The lowest BCUT2D eigenvalue weighted by molar-refractivity contribution is 0.0944. The van der Waals surface area contributed by atoms with E-state index in [-0.39, 0.29) is 11.5 Å². The van der Waals surface area contributed by atoms with E-state index in [1.165, 1.54) is 12.1 Å². The van der Waals surface area contributed by atoms with Gasteiger partial charge in [-0.1, -0.05) is 49.4 Å². The topological polar surface area (TPSA) is 74.8 Å². The molecule has 0 aromatic heterocycles. The predicted molar refractivity (Wildman–Crippen MR) is 118 cm³/mol. The van der Waals surface area contributed by atoms with Crippen LogP contribution in [0.2, 0.25) is 0 Å². The zero-order valence-electron chi connectivity index (χ0n) is 17.7. The van der Waals surface area contributed by atoms with Gasteiger partial charge in [-0.15, -0.1) is 0 Å². The molecule has 0 spiro atoms. The van der Waals surface area contributed by atoms with E-state index in [1.54, 1.807) is 12.1 Å². The molecule has 0 aliphatic carbocycles. The van der Waals surface area contributed by atoms with Gasteiger partial charge in [-0.3, -0.25) is 9.79 Å². The van der Waals surface area contributed by atoms with Crippen LogP contribution in [0.5, 0.6) is 0 Å². The monoisotopic (exact) mass is 414 g/mol. The van der Waals surface area contributed by atoms with Gasteiger partial charge >= 0.3 is 0 Å². The molecule has 1 amide bonds. The molecule has 3 N–H and O–H groups in total. The van der Waals surface area contributed by atoms with E-state index in [4.69, 9.17) is 4.74 Å². The molecule has 2 aromatic carbocycles. The van der Waals surface area contributed by atoms with E-state index in [0.717, 1.165) is 12.1 Å². The van der Waals surface area contributed by atoms with Crippen LogP contribution in [0.25, 0.3) is 0 Å². The Morgan fingerprint density at radius 1 is 1.03 bits per heavy atom. The van der Waals surface area contributed by atoms with Crippen LogP contribution in [0, 0.1) is 11.7 Å². The largest absolute Gasteiger partial charge is 0.376 e. The Bertz CT molecular complexity index is 799. The Morgan fingerprint density at radius 2 is 1.73 bits per heavy atom. The first-order chi connectivity index (χ1) is 14.6. The zero-order valence-corrected chi connectivity index (χ0v) is 17.7. The Hall–Kier alpha value is -2.93. The third kappa shape index (κ3) is 8.61. The normalized spacial score (nSPS) is 12.3. The van der Waals surface area contributed by atoms with Gasteiger partial charge in [0.15, 0.2) is 5.96 Å². The van der Waals surface area contributed by atoms with E-state index in [1.807, 2.05) is 37.3 Å². The van der Waals surface area contributed by atoms with Gasteiger partial charge in [0.1, 0.15) is 5.82 Å². The van der Waals surface area contributed by atoms with Crippen LogP contribution in [0.15, 0.2) is 59.6 Å². The summed E-state index contributed by atoms with van der Waals surface area (Å²) in [4.78, 5) is 16.6. The Balaban J connectivity index is 1.69. The molecule has 0 saturated carbocycles. The third-order valence-corrected chi connectivity index (χ3v) is 4.24. The number of hydrogen-bond acceptors (Lipinski definition) is 3. The average Bonchev–Trinajstić information content (AvgIpc) is 2.76. The summed E-state index contributed by atoms with van der Waals surface area (Å²) in [6, 6.07) is 16.0. The zero-order chi connectivity index (χ0) is 21.6. The number of hydrogen-bond donors (Lipinski definition) is 3. The van der Waals surface area contributed by atoms with Crippen LogP contribution in [0.1, 0.15) is 29.8 Å². The summed E-state index contributed by atoms with van der Waals surface area (Å²) < 4.78 is 19.4.